The van der Waals surface area contributed by atoms with E-state index in [1.54, 1.807) is 25.3 Å². The van der Waals surface area contributed by atoms with Gasteiger partial charge in [0.2, 0.25) is 0 Å². The molecule has 0 radical (unpaired) electrons. The SMILES string of the molecule is C/C(=C\c1csc(C)n1)[C@@H]1C/C=C(/C(F)(F)F)C/C=C/[C@H](C)[C@H](O)C(C)C(=O)C(C)(C)[C@@H](O)CC(=O)O1. The van der Waals surface area contributed by atoms with Crippen molar-refractivity contribution in [3.63, 3.8) is 0 Å². The van der Waals surface area contributed by atoms with Crippen LogP contribution in [0.25, 0.3) is 6.08 Å². The zero-order chi connectivity index (χ0) is 28.1. The molecule has 0 bridgehead atoms. The lowest BCUT2D eigenvalue weighted by atomic mass is 9.73. The highest BCUT2D eigenvalue weighted by atomic mass is 32.1. The summed E-state index contributed by atoms with van der Waals surface area (Å²) >= 11 is 1.41. The number of carbonyl (C=O) groups excluding carboxylic acids is 2. The number of aryl methyl sites for hydroxylation is 1. The lowest BCUT2D eigenvalue weighted by molar-refractivity contribution is -0.154. The first-order valence-corrected chi connectivity index (χ1v) is 13.0. The largest absolute Gasteiger partial charge is 0.457 e. The van der Waals surface area contributed by atoms with E-state index in [1.165, 1.54) is 44.3 Å². The number of Topliss-reactive ketones (excluding diaryl/α,β-unsaturated/α-hetero) is 1. The molecule has 206 valence electrons. The summed E-state index contributed by atoms with van der Waals surface area (Å²) in [5.41, 5.74) is -1.11. The Balaban J connectivity index is 2.50. The maximum Gasteiger partial charge on any atom is 0.412 e. The van der Waals surface area contributed by atoms with E-state index in [0.717, 1.165) is 11.1 Å². The van der Waals surface area contributed by atoms with Crippen LogP contribution in [0.5, 0.6) is 0 Å². The number of aromatic nitrogens is 1. The Morgan fingerprint density at radius 3 is 2.46 bits per heavy atom. The number of esters is 1. The number of aliphatic hydroxyl groups excluding tert-OH is 2. The molecule has 0 spiro atoms. The number of aliphatic hydroxyl groups is 2. The van der Waals surface area contributed by atoms with Crippen LogP contribution >= 0.6 is 11.3 Å². The van der Waals surface area contributed by atoms with E-state index < -0.39 is 71.9 Å². The Hall–Kier alpha value is -2.30. The van der Waals surface area contributed by atoms with Crippen molar-refractivity contribution in [3.8, 4) is 0 Å². The summed E-state index contributed by atoms with van der Waals surface area (Å²) in [6, 6.07) is 0. The van der Waals surface area contributed by atoms with Crippen LogP contribution in [0, 0.1) is 24.2 Å². The van der Waals surface area contributed by atoms with Gasteiger partial charge in [-0.15, -0.1) is 11.3 Å². The van der Waals surface area contributed by atoms with E-state index in [0.29, 0.717) is 11.3 Å². The van der Waals surface area contributed by atoms with Gasteiger partial charge >= 0.3 is 12.1 Å². The van der Waals surface area contributed by atoms with Gasteiger partial charge in [-0.05, 0) is 31.9 Å². The molecule has 1 aromatic heterocycles. The van der Waals surface area contributed by atoms with Gasteiger partial charge < -0.3 is 14.9 Å². The van der Waals surface area contributed by atoms with Crippen LogP contribution in [-0.4, -0.2) is 51.4 Å². The first kappa shape index (κ1) is 30.9. The third kappa shape index (κ3) is 8.35. The Labute approximate surface area is 219 Å². The van der Waals surface area contributed by atoms with Crippen molar-refractivity contribution in [1.29, 1.82) is 0 Å². The molecule has 1 aromatic rings. The molecule has 1 aliphatic heterocycles. The van der Waals surface area contributed by atoms with Gasteiger partial charge in [0.25, 0.3) is 0 Å². The molecule has 5 atom stereocenters. The Bertz CT molecular complexity index is 1060. The summed E-state index contributed by atoms with van der Waals surface area (Å²) in [5.74, 6) is -2.85. The average Bonchev–Trinajstić information content (AvgIpc) is 3.21. The minimum atomic E-state index is -4.61. The van der Waals surface area contributed by atoms with Gasteiger partial charge in [-0.1, -0.05) is 45.9 Å². The van der Waals surface area contributed by atoms with E-state index in [9.17, 15) is 33.0 Å². The molecule has 0 fully saturated rings. The van der Waals surface area contributed by atoms with Crippen LogP contribution in [0.2, 0.25) is 0 Å². The van der Waals surface area contributed by atoms with Gasteiger partial charge in [0.15, 0.2) is 0 Å². The molecule has 0 aliphatic carbocycles. The first-order chi connectivity index (χ1) is 17.0. The number of hydrogen-bond acceptors (Lipinski definition) is 7. The monoisotopic (exact) mass is 543 g/mol. The van der Waals surface area contributed by atoms with Crippen LogP contribution in [0.1, 0.15) is 64.6 Å². The third-order valence-corrected chi connectivity index (χ3v) is 7.60. The maximum absolute atomic E-state index is 13.8. The van der Waals surface area contributed by atoms with Crippen molar-refractivity contribution in [2.45, 2.75) is 85.3 Å². The number of halogens is 3. The number of allylic oxidation sites excluding steroid dienone is 2. The number of ether oxygens (including phenoxy) is 1. The van der Waals surface area contributed by atoms with Crippen molar-refractivity contribution in [2.24, 2.45) is 17.3 Å². The summed E-state index contributed by atoms with van der Waals surface area (Å²) in [7, 11) is 0. The van der Waals surface area contributed by atoms with Gasteiger partial charge in [0, 0.05) is 29.2 Å². The Kier molecular flexibility index (Phi) is 10.4. The Morgan fingerprint density at radius 1 is 1.24 bits per heavy atom. The number of ketones is 1. The molecule has 0 amide bonds. The predicted octanol–water partition coefficient (Wildman–Crippen LogP) is 5.58. The smallest absolute Gasteiger partial charge is 0.412 e. The fourth-order valence-corrected chi connectivity index (χ4v) is 4.74. The van der Waals surface area contributed by atoms with Crippen molar-refractivity contribution < 1.29 is 37.7 Å². The molecule has 2 N–H and O–H groups in total. The lowest BCUT2D eigenvalue weighted by Crippen LogP contribution is -2.45. The van der Waals surface area contributed by atoms with Crippen LogP contribution in [0.15, 0.2) is 34.8 Å². The van der Waals surface area contributed by atoms with Gasteiger partial charge in [-0.3, -0.25) is 9.59 Å². The molecule has 2 rings (SSSR count). The van der Waals surface area contributed by atoms with Crippen molar-refractivity contribution in [1.82, 2.24) is 4.98 Å². The first-order valence-electron chi connectivity index (χ1n) is 12.2. The number of rotatable bonds is 2. The lowest BCUT2D eigenvalue weighted by Gasteiger charge is -2.34. The van der Waals surface area contributed by atoms with E-state index in [1.807, 2.05) is 6.92 Å². The van der Waals surface area contributed by atoms with E-state index in [2.05, 4.69) is 4.98 Å². The molecule has 1 unspecified atom stereocenters. The highest BCUT2D eigenvalue weighted by Crippen LogP contribution is 2.33. The summed E-state index contributed by atoms with van der Waals surface area (Å²) < 4.78 is 46.8. The average molecular weight is 544 g/mol. The number of carbonyl (C=O) groups is 2. The van der Waals surface area contributed by atoms with E-state index >= 15 is 0 Å². The number of hydrogen-bond donors (Lipinski definition) is 2. The van der Waals surface area contributed by atoms with E-state index in [-0.39, 0.29) is 6.42 Å². The van der Waals surface area contributed by atoms with Crippen LogP contribution in [-0.2, 0) is 14.3 Å². The molecule has 0 aromatic carbocycles. The predicted molar refractivity (Wildman–Crippen MR) is 137 cm³/mol. The maximum atomic E-state index is 13.8. The van der Waals surface area contributed by atoms with Gasteiger partial charge in [0.1, 0.15) is 11.9 Å². The number of nitrogens with zero attached hydrogens (tertiary/aromatic N) is 1. The highest BCUT2D eigenvalue weighted by molar-refractivity contribution is 7.09. The molecule has 1 aliphatic rings. The van der Waals surface area contributed by atoms with Crippen molar-refractivity contribution in [3.05, 3.63) is 45.5 Å². The van der Waals surface area contributed by atoms with Crippen LogP contribution in [0.3, 0.4) is 0 Å². The summed E-state index contributed by atoms with van der Waals surface area (Å²) in [6.45, 7) is 9.55. The minimum absolute atomic E-state index is 0.243. The minimum Gasteiger partial charge on any atom is -0.457 e. The van der Waals surface area contributed by atoms with Gasteiger partial charge in [-0.2, -0.15) is 13.2 Å². The third-order valence-electron chi connectivity index (χ3n) is 6.81. The van der Waals surface area contributed by atoms with Crippen LogP contribution < -0.4 is 0 Å². The zero-order valence-electron chi connectivity index (χ0n) is 22.0. The highest BCUT2D eigenvalue weighted by Gasteiger charge is 2.42. The van der Waals surface area contributed by atoms with Crippen molar-refractivity contribution in [2.75, 3.05) is 0 Å². The second-order valence-electron chi connectivity index (χ2n) is 10.2. The standard InChI is InChI=1S/C27H36F3NO5S/c1-15-8-7-9-19(27(28,29)30)10-11-21(16(2)12-20-14-37-18(4)31-20)36-23(33)13-22(32)26(5,6)25(35)17(3)24(15)34/h7-8,10,12,14-15,17,21-22,24,32,34H,9,11,13H2,1-6H3/b8-7+,16-12+,19-10+/t15-,17?,21-,22-,24-/m0/s1. The molecule has 0 saturated heterocycles. The molecular weight excluding hydrogens is 507 g/mol. The van der Waals surface area contributed by atoms with Gasteiger partial charge in [0.05, 0.1) is 34.7 Å². The molecule has 37 heavy (non-hydrogen) atoms. The number of cyclic esters (lactones) is 1. The number of alkyl halides is 3. The number of thiazole rings is 1. The topological polar surface area (TPSA) is 96.7 Å². The molecule has 10 heteroatoms. The molecule has 0 saturated carbocycles. The summed E-state index contributed by atoms with van der Waals surface area (Å²) in [4.78, 5) is 30.2. The van der Waals surface area contributed by atoms with Crippen molar-refractivity contribution >= 4 is 29.2 Å². The second-order valence-corrected chi connectivity index (χ2v) is 11.3. The fraction of sp³-hybridized carbons (Fsp3) is 0.593. The summed E-state index contributed by atoms with van der Waals surface area (Å²) in [5, 5.41) is 24.0. The normalized spacial score (nSPS) is 31.4. The quantitative estimate of drug-likeness (QED) is 0.373. The molecule has 6 nitrogen and oxygen atoms in total. The molecule has 2 heterocycles. The van der Waals surface area contributed by atoms with Gasteiger partial charge in [-0.25, -0.2) is 4.98 Å². The Morgan fingerprint density at radius 2 is 1.89 bits per heavy atom. The summed E-state index contributed by atoms with van der Waals surface area (Å²) in [6.07, 6.45) is -4.04. The molecular formula is C27H36F3NO5S. The second kappa shape index (κ2) is 12.5. The fourth-order valence-electron chi connectivity index (χ4n) is 4.17. The zero-order valence-corrected chi connectivity index (χ0v) is 22.8. The van der Waals surface area contributed by atoms with E-state index in [4.69, 9.17) is 4.74 Å². The van der Waals surface area contributed by atoms with Crippen LogP contribution in [0.4, 0.5) is 13.2 Å².